The quantitative estimate of drug-likeness (QED) is 0.585. The molecule has 0 radical (unpaired) electrons. The number of rotatable bonds is 5. The number of aliphatic hydroxyl groups excluding tert-OH is 1. The van der Waals surface area contributed by atoms with E-state index in [2.05, 4.69) is 9.97 Å². The number of aromatic nitrogens is 2. The Morgan fingerprint density at radius 2 is 1.75 bits per heavy atom. The largest absolute Gasteiger partial charge is 0.451 e. The van der Waals surface area contributed by atoms with E-state index in [1.165, 1.54) is 6.07 Å². The van der Waals surface area contributed by atoms with E-state index in [4.69, 9.17) is 23.2 Å². The fraction of sp³-hybridized carbons (Fsp3) is 0.375. The monoisotopic (exact) mass is 535 g/mol. The summed E-state index contributed by atoms with van der Waals surface area (Å²) in [5.74, 6) is -1.58. The molecular weight excluding hydrogens is 522 g/mol. The van der Waals surface area contributed by atoms with Gasteiger partial charge >= 0.3 is 6.18 Å². The summed E-state index contributed by atoms with van der Waals surface area (Å²) >= 11 is 11.7. The van der Waals surface area contributed by atoms with Gasteiger partial charge in [-0.15, -0.1) is 0 Å². The molecular formula is C16H14Cl2F3N3O6S2. The molecule has 9 nitrogen and oxygen atoms in total. The van der Waals surface area contributed by atoms with Crippen LogP contribution in [0, 0.1) is 0 Å². The number of sulfone groups is 1. The van der Waals surface area contributed by atoms with Crippen molar-refractivity contribution >= 4 is 43.1 Å². The summed E-state index contributed by atoms with van der Waals surface area (Å²) in [5, 5.41) is 18.3. The van der Waals surface area contributed by atoms with Gasteiger partial charge in [0.05, 0.1) is 11.6 Å². The van der Waals surface area contributed by atoms with Gasteiger partial charge in [0.1, 0.15) is 20.6 Å². The lowest BCUT2D eigenvalue weighted by Gasteiger charge is -2.26. The number of hydrogen-bond acceptors (Lipinski definition) is 8. The molecule has 2 aromatic rings. The lowest BCUT2D eigenvalue weighted by molar-refractivity contribution is -0.145. The van der Waals surface area contributed by atoms with Crippen LogP contribution < -0.4 is 0 Å². The van der Waals surface area contributed by atoms with Crippen molar-refractivity contribution in [2.75, 3.05) is 19.7 Å². The van der Waals surface area contributed by atoms with E-state index in [1.54, 1.807) is 0 Å². The molecule has 2 N–H and O–H groups in total. The highest BCUT2D eigenvalue weighted by Crippen LogP contribution is 2.36. The van der Waals surface area contributed by atoms with Gasteiger partial charge in [0.2, 0.25) is 15.8 Å². The van der Waals surface area contributed by atoms with Gasteiger partial charge in [-0.1, -0.05) is 23.2 Å². The Balaban J connectivity index is 2.00. The van der Waals surface area contributed by atoms with Crippen LogP contribution in [0.2, 0.25) is 10.0 Å². The lowest BCUT2D eigenvalue weighted by Crippen LogP contribution is -2.49. The van der Waals surface area contributed by atoms with Crippen molar-refractivity contribution in [3.05, 3.63) is 46.5 Å². The SMILES string of the molecule is O=S(=O)(c1cnc(C(F)(F)F)nc1)[C@H]1CN(S(=O)(=O)c2ccc(Cl)cc2Cl)C[C@@]1(O)CO. The molecule has 0 saturated carbocycles. The average molecular weight is 536 g/mol. The molecule has 1 fully saturated rings. The zero-order valence-electron chi connectivity index (χ0n) is 15.7. The van der Waals surface area contributed by atoms with E-state index < -0.39 is 72.2 Å². The number of sulfonamides is 1. The first-order valence-electron chi connectivity index (χ1n) is 8.54. The highest BCUT2D eigenvalue weighted by Gasteiger charge is 2.55. The predicted molar refractivity (Wildman–Crippen MR) is 105 cm³/mol. The third-order valence-electron chi connectivity index (χ3n) is 4.79. The summed E-state index contributed by atoms with van der Waals surface area (Å²) in [7, 11) is -9.12. The van der Waals surface area contributed by atoms with Crippen LogP contribution in [0.4, 0.5) is 13.2 Å². The van der Waals surface area contributed by atoms with Crippen molar-refractivity contribution in [3.8, 4) is 0 Å². The molecule has 1 aromatic heterocycles. The molecule has 0 amide bonds. The number of benzene rings is 1. The fourth-order valence-electron chi connectivity index (χ4n) is 3.15. The van der Waals surface area contributed by atoms with Gasteiger partial charge in [-0.05, 0) is 18.2 Å². The minimum Gasteiger partial charge on any atom is -0.393 e. The number of β-amino-alcohol motifs (C(OH)–C–C–N with tert-alkyl or cyclic N) is 1. The molecule has 0 unspecified atom stereocenters. The topological polar surface area (TPSA) is 138 Å². The zero-order valence-corrected chi connectivity index (χ0v) is 18.8. The molecule has 176 valence electrons. The Hall–Kier alpha value is -1.55. The first kappa shape index (κ1) is 25.1. The van der Waals surface area contributed by atoms with Crippen LogP contribution in [0.25, 0.3) is 0 Å². The maximum absolute atomic E-state index is 13.0. The maximum Gasteiger partial charge on any atom is 0.451 e. The van der Waals surface area contributed by atoms with Crippen molar-refractivity contribution in [2.24, 2.45) is 0 Å². The van der Waals surface area contributed by atoms with Gasteiger partial charge in [-0.3, -0.25) is 0 Å². The Kier molecular flexibility index (Phi) is 6.54. The molecule has 0 spiro atoms. The van der Waals surface area contributed by atoms with Crippen molar-refractivity contribution in [1.29, 1.82) is 0 Å². The van der Waals surface area contributed by atoms with Crippen LogP contribution in [0.5, 0.6) is 0 Å². The third kappa shape index (κ3) is 4.44. The average Bonchev–Trinajstić information content (AvgIpc) is 3.07. The Morgan fingerprint density at radius 3 is 2.25 bits per heavy atom. The van der Waals surface area contributed by atoms with Crippen LogP contribution >= 0.6 is 23.2 Å². The van der Waals surface area contributed by atoms with Crippen LogP contribution in [-0.2, 0) is 26.0 Å². The summed E-state index contributed by atoms with van der Waals surface area (Å²) in [5.41, 5.74) is -2.46. The minimum atomic E-state index is -4.91. The fourth-order valence-corrected chi connectivity index (χ4v) is 7.33. The molecule has 2 atom stereocenters. The van der Waals surface area contributed by atoms with E-state index in [0.29, 0.717) is 16.7 Å². The van der Waals surface area contributed by atoms with Crippen molar-refractivity contribution < 1.29 is 40.2 Å². The lowest BCUT2D eigenvalue weighted by atomic mass is 10.1. The Bertz CT molecular complexity index is 1240. The van der Waals surface area contributed by atoms with E-state index in [9.17, 15) is 40.2 Å². The molecule has 1 aromatic carbocycles. The molecule has 16 heteroatoms. The summed E-state index contributed by atoms with van der Waals surface area (Å²) in [4.78, 5) is 4.75. The van der Waals surface area contributed by atoms with Crippen molar-refractivity contribution in [2.45, 2.75) is 26.8 Å². The van der Waals surface area contributed by atoms with E-state index in [1.807, 2.05) is 0 Å². The van der Waals surface area contributed by atoms with Gasteiger partial charge in [0, 0.05) is 30.5 Å². The van der Waals surface area contributed by atoms with E-state index in [0.717, 1.165) is 12.1 Å². The number of alkyl halides is 3. The molecule has 0 bridgehead atoms. The number of halogens is 5. The second kappa shape index (κ2) is 8.34. The molecule has 3 rings (SSSR count). The summed E-state index contributed by atoms with van der Waals surface area (Å²) < 4.78 is 90.5. The molecule has 1 saturated heterocycles. The molecule has 0 aliphatic carbocycles. The predicted octanol–water partition coefficient (Wildman–Crippen LogP) is 1.37. The first-order valence-corrected chi connectivity index (χ1v) is 12.3. The number of hydrogen-bond donors (Lipinski definition) is 2. The second-order valence-electron chi connectivity index (χ2n) is 6.91. The minimum absolute atomic E-state index is 0.144. The van der Waals surface area contributed by atoms with Crippen molar-refractivity contribution in [3.63, 3.8) is 0 Å². The number of nitrogens with zero attached hydrogens (tertiary/aromatic N) is 3. The summed E-state index contributed by atoms with van der Waals surface area (Å²) in [6, 6.07) is 3.48. The van der Waals surface area contributed by atoms with Gasteiger partial charge in [-0.2, -0.15) is 17.5 Å². The Morgan fingerprint density at radius 1 is 1.16 bits per heavy atom. The highest BCUT2D eigenvalue weighted by molar-refractivity contribution is 7.92. The van der Waals surface area contributed by atoms with E-state index in [-0.39, 0.29) is 10.0 Å². The molecule has 32 heavy (non-hydrogen) atoms. The molecule has 1 aliphatic rings. The first-order chi connectivity index (χ1) is 14.6. The van der Waals surface area contributed by atoms with Gasteiger partial charge in [0.25, 0.3) is 0 Å². The van der Waals surface area contributed by atoms with Gasteiger partial charge in [0.15, 0.2) is 9.84 Å². The van der Waals surface area contributed by atoms with Crippen LogP contribution in [0.1, 0.15) is 5.82 Å². The smallest absolute Gasteiger partial charge is 0.393 e. The standard InChI is InChI=1S/C16H14Cl2F3N3O6S2/c17-9-1-2-12(11(18)3-9)32(29,30)24-6-13(15(26,7-24)8-25)31(27,28)10-4-22-14(23-5-10)16(19,20)21/h1-5,13,25-26H,6-8H2/t13-,15+/m0/s1. The molecule has 1 aliphatic heterocycles. The maximum atomic E-state index is 13.0. The normalized spacial score (nSPS) is 22.9. The molecule has 2 heterocycles. The summed E-state index contributed by atoms with van der Waals surface area (Å²) in [6.45, 7) is -2.80. The zero-order chi connectivity index (χ0) is 24.1. The van der Waals surface area contributed by atoms with Crippen LogP contribution in [-0.4, -0.2) is 71.9 Å². The van der Waals surface area contributed by atoms with Crippen LogP contribution in [0.3, 0.4) is 0 Å². The number of aliphatic hydroxyl groups is 2. The van der Waals surface area contributed by atoms with Crippen LogP contribution in [0.15, 0.2) is 40.4 Å². The Labute approximate surface area is 190 Å². The second-order valence-corrected chi connectivity index (χ2v) is 11.8. The summed E-state index contributed by atoms with van der Waals surface area (Å²) in [6.07, 6.45) is -4.11. The van der Waals surface area contributed by atoms with Crippen molar-refractivity contribution in [1.82, 2.24) is 14.3 Å². The van der Waals surface area contributed by atoms with Gasteiger partial charge < -0.3 is 10.2 Å². The van der Waals surface area contributed by atoms with E-state index >= 15 is 0 Å². The highest BCUT2D eigenvalue weighted by atomic mass is 35.5. The third-order valence-corrected chi connectivity index (χ3v) is 9.52. The van der Waals surface area contributed by atoms with Gasteiger partial charge in [-0.25, -0.2) is 26.8 Å².